The van der Waals surface area contributed by atoms with E-state index in [1.165, 1.54) is 7.11 Å². The maximum Gasteiger partial charge on any atom is 0.186 e. The van der Waals surface area contributed by atoms with E-state index >= 15 is 0 Å². The maximum atomic E-state index is 10.3. The first kappa shape index (κ1) is 19.9. The van der Waals surface area contributed by atoms with Crippen LogP contribution in [0.3, 0.4) is 0 Å². The molecule has 0 unspecified atom stereocenters. The van der Waals surface area contributed by atoms with Crippen molar-refractivity contribution in [1.29, 1.82) is 0 Å². The zero-order chi connectivity index (χ0) is 18.0. The molecule has 2 aliphatic heterocycles. The molecule has 2 rings (SSSR count). The second-order valence-electron chi connectivity index (χ2n) is 6.21. The molecule has 10 nitrogen and oxygen atoms in total. The Balaban J connectivity index is 2.12. The largest absolute Gasteiger partial charge is 0.394 e. The zero-order valence-electron chi connectivity index (χ0n) is 13.3. The predicted octanol–water partition coefficient (Wildman–Crippen LogP) is -4.08. The minimum absolute atomic E-state index is 0.0820. The highest BCUT2D eigenvalue weighted by Crippen LogP contribution is 2.33. The van der Waals surface area contributed by atoms with Crippen molar-refractivity contribution in [2.45, 2.75) is 61.5 Å². The molecule has 142 valence electrons. The van der Waals surface area contributed by atoms with Crippen molar-refractivity contribution in [2.75, 3.05) is 20.3 Å². The van der Waals surface area contributed by atoms with Gasteiger partial charge >= 0.3 is 0 Å². The Morgan fingerprint density at radius 2 is 1.29 bits per heavy atom. The molecule has 0 aliphatic carbocycles. The van der Waals surface area contributed by atoms with Crippen LogP contribution in [0.2, 0.25) is 0 Å². The highest BCUT2D eigenvalue weighted by atomic mass is 16.7. The highest BCUT2D eigenvalue weighted by Gasteiger charge is 2.49. The second-order valence-corrected chi connectivity index (χ2v) is 6.21. The van der Waals surface area contributed by atoms with Crippen LogP contribution in [-0.2, 0) is 14.2 Å². The Bertz CT molecular complexity index is 392. The van der Waals surface area contributed by atoms with Gasteiger partial charge in [-0.15, -0.1) is 0 Å². The van der Waals surface area contributed by atoms with E-state index in [0.717, 1.165) is 0 Å². The molecule has 0 aromatic rings. The van der Waals surface area contributed by atoms with Gasteiger partial charge in [-0.05, 0) is 6.42 Å². The van der Waals surface area contributed by atoms with E-state index < -0.39 is 74.3 Å². The summed E-state index contributed by atoms with van der Waals surface area (Å²) in [6.07, 6.45) is -11.4. The first-order valence-corrected chi connectivity index (χ1v) is 7.81. The number of methoxy groups -OCH3 is 1. The van der Waals surface area contributed by atoms with Gasteiger partial charge in [0.2, 0.25) is 0 Å². The van der Waals surface area contributed by atoms with Gasteiger partial charge in [-0.3, -0.25) is 0 Å². The summed E-state index contributed by atoms with van der Waals surface area (Å²) in [7, 11) is 1.28. The van der Waals surface area contributed by atoms with Crippen LogP contribution in [0, 0.1) is 5.92 Å². The van der Waals surface area contributed by atoms with Gasteiger partial charge in [0.1, 0.15) is 30.5 Å². The summed E-state index contributed by atoms with van der Waals surface area (Å²) in [6, 6.07) is 0. The van der Waals surface area contributed by atoms with E-state index in [-0.39, 0.29) is 6.42 Å². The van der Waals surface area contributed by atoms with E-state index in [0.29, 0.717) is 0 Å². The minimum atomic E-state index is -1.54. The van der Waals surface area contributed by atoms with Gasteiger partial charge in [0.15, 0.2) is 6.29 Å². The molecular formula is C14H26O10. The van der Waals surface area contributed by atoms with Gasteiger partial charge in [-0.1, -0.05) is 0 Å². The monoisotopic (exact) mass is 354 g/mol. The third-order valence-electron chi connectivity index (χ3n) is 4.76. The summed E-state index contributed by atoms with van der Waals surface area (Å²) in [5.41, 5.74) is 0. The molecule has 0 amide bonds. The number of rotatable bonds is 5. The summed E-state index contributed by atoms with van der Waals surface area (Å²) < 4.78 is 15.7. The van der Waals surface area contributed by atoms with Crippen LogP contribution in [0.25, 0.3) is 0 Å². The van der Waals surface area contributed by atoms with E-state index in [2.05, 4.69) is 0 Å². The lowest BCUT2D eigenvalue weighted by molar-refractivity contribution is -0.293. The van der Waals surface area contributed by atoms with Crippen molar-refractivity contribution in [3.8, 4) is 0 Å². The van der Waals surface area contributed by atoms with Crippen molar-refractivity contribution in [2.24, 2.45) is 5.92 Å². The average Bonchev–Trinajstić information content (AvgIpc) is 2.59. The Kier molecular flexibility index (Phi) is 6.90. The second kappa shape index (κ2) is 8.32. The van der Waals surface area contributed by atoms with Crippen LogP contribution >= 0.6 is 0 Å². The van der Waals surface area contributed by atoms with Gasteiger partial charge in [-0.2, -0.15) is 0 Å². The fourth-order valence-corrected chi connectivity index (χ4v) is 3.29. The van der Waals surface area contributed by atoms with Crippen molar-refractivity contribution in [1.82, 2.24) is 0 Å². The van der Waals surface area contributed by atoms with Gasteiger partial charge in [-0.25, -0.2) is 0 Å². The quantitative estimate of drug-likeness (QED) is 0.258. The highest BCUT2D eigenvalue weighted by molar-refractivity contribution is 4.96. The van der Waals surface area contributed by atoms with Gasteiger partial charge in [0, 0.05) is 13.0 Å². The van der Waals surface area contributed by atoms with Gasteiger partial charge in [0.05, 0.1) is 31.5 Å². The lowest BCUT2D eigenvalue weighted by Gasteiger charge is -2.45. The molecule has 7 N–H and O–H groups in total. The van der Waals surface area contributed by atoms with Crippen LogP contribution in [0.4, 0.5) is 0 Å². The number of aliphatic hydroxyl groups excluding tert-OH is 7. The summed E-state index contributed by atoms with van der Waals surface area (Å²) in [6.45, 7) is -1.03. The molecule has 24 heavy (non-hydrogen) atoms. The molecule has 10 heteroatoms. The molecule has 0 radical (unpaired) electrons. The van der Waals surface area contributed by atoms with E-state index in [4.69, 9.17) is 14.2 Å². The van der Waals surface area contributed by atoms with E-state index in [1.54, 1.807) is 0 Å². The summed E-state index contributed by atoms with van der Waals surface area (Å²) in [4.78, 5) is 0. The fourth-order valence-electron chi connectivity index (χ4n) is 3.29. The van der Waals surface area contributed by atoms with Crippen molar-refractivity contribution >= 4 is 0 Å². The molecular weight excluding hydrogens is 328 g/mol. The normalized spacial score (nSPS) is 50.0. The molecule has 0 bridgehead atoms. The lowest BCUT2D eigenvalue weighted by atomic mass is 9.81. The zero-order valence-corrected chi connectivity index (χ0v) is 13.3. The molecule has 10 atom stereocenters. The third kappa shape index (κ3) is 3.73. The number of hydrogen-bond donors (Lipinski definition) is 7. The summed E-state index contributed by atoms with van der Waals surface area (Å²) in [5, 5.41) is 68.6. The fraction of sp³-hybridized carbons (Fsp3) is 1.00. The molecule has 0 saturated carbocycles. The van der Waals surface area contributed by atoms with E-state index in [9.17, 15) is 35.7 Å². The van der Waals surface area contributed by atoms with Gasteiger partial charge < -0.3 is 50.0 Å². The number of hydrogen-bond acceptors (Lipinski definition) is 10. The standard InChI is InChI=1S/C14H26O10/c1-22-14-13(21)9(17)5(7(3-15)24-14)2-6-10(18)12(20)11(19)8(4-16)23-6/h5-21H,2-4H2,1H3/t5-,6+,7-,8-,9+,10+,11+,12-,13-,14-/m1/s1. The Morgan fingerprint density at radius 3 is 1.83 bits per heavy atom. The molecule has 2 heterocycles. The van der Waals surface area contributed by atoms with Crippen LogP contribution in [-0.4, -0.2) is 111 Å². The van der Waals surface area contributed by atoms with Crippen LogP contribution in [0.1, 0.15) is 6.42 Å². The Labute approximate surface area is 138 Å². The minimum Gasteiger partial charge on any atom is -0.394 e. The van der Waals surface area contributed by atoms with Gasteiger partial charge in [0.25, 0.3) is 0 Å². The maximum absolute atomic E-state index is 10.3. The predicted molar refractivity (Wildman–Crippen MR) is 76.6 cm³/mol. The van der Waals surface area contributed by atoms with Crippen LogP contribution in [0.5, 0.6) is 0 Å². The SMILES string of the molecule is CO[C@@H]1O[C@H](CO)[C@@H](C[C@@H]2O[C@H](CO)[C@H](O)[C@H](O)[C@H]2O)[C@H](O)[C@H]1O. The molecule has 0 spiro atoms. The Hall–Kier alpha value is -0.400. The first-order chi connectivity index (χ1) is 11.3. The lowest BCUT2D eigenvalue weighted by Crippen LogP contribution is -2.61. The molecule has 2 saturated heterocycles. The number of aliphatic hydroxyl groups is 7. The molecule has 0 aromatic carbocycles. The summed E-state index contributed by atoms with van der Waals surface area (Å²) in [5.74, 6) is -0.821. The first-order valence-electron chi connectivity index (χ1n) is 7.81. The Morgan fingerprint density at radius 1 is 0.708 bits per heavy atom. The van der Waals surface area contributed by atoms with Crippen molar-refractivity contribution in [3.05, 3.63) is 0 Å². The topological polar surface area (TPSA) is 169 Å². The summed E-state index contributed by atoms with van der Waals surface area (Å²) >= 11 is 0. The van der Waals surface area contributed by atoms with Crippen molar-refractivity contribution in [3.63, 3.8) is 0 Å². The van der Waals surface area contributed by atoms with Crippen LogP contribution in [0.15, 0.2) is 0 Å². The molecule has 0 aromatic heterocycles. The third-order valence-corrected chi connectivity index (χ3v) is 4.76. The molecule has 2 fully saturated rings. The smallest absolute Gasteiger partial charge is 0.186 e. The number of ether oxygens (including phenoxy) is 3. The van der Waals surface area contributed by atoms with Crippen LogP contribution < -0.4 is 0 Å². The average molecular weight is 354 g/mol. The molecule has 2 aliphatic rings. The van der Waals surface area contributed by atoms with E-state index in [1.807, 2.05) is 0 Å². The van der Waals surface area contributed by atoms with Crippen molar-refractivity contribution < 1.29 is 50.0 Å².